The summed E-state index contributed by atoms with van der Waals surface area (Å²) in [6.45, 7) is 1.11. The van der Waals surface area contributed by atoms with Crippen LogP contribution in [0.5, 0.6) is 0 Å². The first kappa shape index (κ1) is 14.4. The fourth-order valence-corrected chi connectivity index (χ4v) is 3.27. The lowest BCUT2D eigenvalue weighted by molar-refractivity contribution is 0.389. The van der Waals surface area contributed by atoms with Crippen LogP contribution in [0.15, 0.2) is 42.5 Å². The molecule has 0 saturated heterocycles. The van der Waals surface area contributed by atoms with Crippen LogP contribution >= 0.6 is 11.6 Å². The summed E-state index contributed by atoms with van der Waals surface area (Å²) in [6, 6.07) is 14.8. The third-order valence-corrected chi connectivity index (χ3v) is 4.33. The Balaban J connectivity index is 1.94. The van der Waals surface area contributed by atoms with Crippen molar-refractivity contribution in [3.63, 3.8) is 0 Å². The van der Waals surface area contributed by atoms with E-state index in [9.17, 15) is 0 Å². The lowest BCUT2D eigenvalue weighted by Crippen LogP contribution is -2.17. The second-order valence-corrected chi connectivity index (χ2v) is 6.38. The zero-order valence-corrected chi connectivity index (χ0v) is 13.3. The van der Waals surface area contributed by atoms with Gasteiger partial charge in [0, 0.05) is 22.3 Å². The van der Waals surface area contributed by atoms with Gasteiger partial charge < -0.3 is 10.2 Å². The van der Waals surface area contributed by atoms with Crippen molar-refractivity contribution in [1.82, 2.24) is 4.90 Å². The van der Waals surface area contributed by atoms with Crippen LogP contribution in [0.25, 0.3) is 0 Å². The van der Waals surface area contributed by atoms with Gasteiger partial charge in [0.25, 0.3) is 0 Å². The standard InChI is InChI=1S/C18H21ClN2/c1-21(2)11-5-7-14-15-6-3-4-8-17(15)20-18-10-9-13(19)12-16(14)18/h3-4,6,8-10,12,14,20H,5,7,11H2,1-2H3/t14-/m1/s1. The summed E-state index contributed by atoms with van der Waals surface area (Å²) in [5.41, 5.74) is 5.11. The molecule has 1 aliphatic rings. The maximum absolute atomic E-state index is 6.22. The molecule has 2 aromatic rings. The molecule has 0 saturated carbocycles. The van der Waals surface area contributed by atoms with E-state index in [1.165, 1.54) is 28.9 Å². The smallest absolute Gasteiger partial charge is 0.0424 e. The monoisotopic (exact) mass is 300 g/mol. The van der Waals surface area contributed by atoms with Crippen LogP contribution in [-0.4, -0.2) is 25.5 Å². The van der Waals surface area contributed by atoms with Gasteiger partial charge in [-0.3, -0.25) is 0 Å². The summed E-state index contributed by atoms with van der Waals surface area (Å²) >= 11 is 6.22. The Morgan fingerprint density at radius 3 is 2.62 bits per heavy atom. The molecule has 0 unspecified atom stereocenters. The lowest BCUT2D eigenvalue weighted by Gasteiger charge is -2.30. The molecule has 1 aliphatic heterocycles. The number of rotatable bonds is 4. The summed E-state index contributed by atoms with van der Waals surface area (Å²) in [7, 11) is 4.25. The van der Waals surface area contributed by atoms with Crippen LogP contribution in [0.4, 0.5) is 11.4 Å². The first-order valence-electron chi connectivity index (χ1n) is 7.45. The highest BCUT2D eigenvalue weighted by Gasteiger charge is 2.25. The van der Waals surface area contributed by atoms with E-state index in [0.717, 1.165) is 18.0 Å². The van der Waals surface area contributed by atoms with Crippen LogP contribution in [0, 0.1) is 0 Å². The maximum atomic E-state index is 6.22. The number of fused-ring (bicyclic) bond motifs is 2. The van der Waals surface area contributed by atoms with Gasteiger partial charge in [0.15, 0.2) is 0 Å². The Kier molecular flexibility index (Phi) is 4.18. The molecule has 2 nitrogen and oxygen atoms in total. The molecule has 3 rings (SSSR count). The number of halogens is 1. The van der Waals surface area contributed by atoms with Crippen molar-refractivity contribution in [2.24, 2.45) is 0 Å². The van der Waals surface area contributed by atoms with E-state index >= 15 is 0 Å². The van der Waals surface area contributed by atoms with Gasteiger partial charge in [-0.1, -0.05) is 29.8 Å². The van der Waals surface area contributed by atoms with E-state index in [2.05, 4.69) is 60.7 Å². The first-order chi connectivity index (χ1) is 10.1. The van der Waals surface area contributed by atoms with Crippen molar-refractivity contribution in [1.29, 1.82) is 0 Å². The largest absolute Gasteiger partial charge is 0.355 e. The molecule has 1 atom stereocenters. The van der Waals surface area contributed by atoms with Crippen molar-refractivity contribution < 1.29 is 0 Å². The number of benzene rings is 2. The fourth-order valence-electron chi connectivity index (χ4n) is 3.09. The number of hydrogen-bond acceptors (Lipinski definition) is 2. The summed E-state index contributed by atoms with van der Waals surface area (Å²) in [5, 5.41) is 4.34. The fraction of sp³-hybridized carbons (Fsp3) is 0.333. The van der Waals surface area contributed by atoms with E-state index < -0.39 is 0 Å². The van der Waals surface area contributed by atoms with Crippen LogP contribution < -0.4 is 5.32 Å². The zero-order valence-electron chi connectivity index (χ0n) is 12.6. The molecule has 110 valence electrons. The quantitative estimate of drug-likeness (QED) is 0.866. The Labute approximate surface area is 131 Å². The molecular weight excluding hydrogens is 280 g/mol. The van der Waals surface area contributed by atoms with Gasteiger partial charge in [-0.25, -0.2) is 0 Å². The maximum Gasteiger partial charge on any atom is 0.0424 e. The van der Waals surface area contributed by atoms with E-state index in [1.807, 2.05) is 6.07 Å². The van der Waals surface area contributed by atoms with Crippen molar-refractivity contribution in [2.45, 2.75) is 18.8 Å². The molecule has 21 heavy (non-hydrogen) atoms. The molecule has 0 radical (unpaired) electrons. The Bertz CT molecular complexity index is 637. The summed E-state index contributed by atoms with van der Waals surface area (Å²) in [5.74, 6) is 0.427. The minimum absolute atomic E-state index is 0.427. The van der Waals surface area contributed by atoms with Gasteiger partial charge in [0.2, 0.25) is 0 Å². The third-order valence-electron chi connectivity index (χ3n) is 4.09. The lowest BCUT2D eigenvalue weighted by atomic mass is 9.83. The van der Waals surface area contributed by atoms with E-state index in [1.54, 1.807) is 0 Å². The minimum atomic E-state index is 0.427. The van der Waals surface area contributed by atoms with Gasteiger partial charge in [0.1, 0.15) is 0 Å². The highest BCUT2D eigenvalue weighted by Crippen LogP contribution is 2.44. The van der Waals surface area contributed by atoms with Crippen LogP contribution in [-0.2, 0) is 0 Å². The number of nitrogens with one attached hydrogen (secondary N) is 1. The van der Waals surface area contributed by atoms with Gasteiger partial charge in [0.05, 0.1) is 0 Å². The summed E-state index contributed by atoms with van der Waals surface area (Å²) in [4.78, 5) is 2.24. The van der Waals surface area contributed by atoms with Crippen molar-refractivity contribution >= 4 is 23.0 Å². The molecule has 0 fully saturated rings. The van der Waals surface area contributed by atoms with Crippen LogP contribution in [0.2, 0.25) is 5.02 Å². The number of anilines is 2. The normalized spacial score (nSPS) is 16.3. The summed E-state index contributed by atoms with van der Waals surface area (Å²) < 4.78 is 0. The Hall–Kier alpha value is -1.51. The molecule has 3 heteroatoms. The topological polar surface area (TPSA) is 15.3 Å². The Morgan fingerprint density at radius 2 is 1.81 bits per heavy atom. The first-order valence-corrected chi connectivity index (χ1v) is 7.83. The molecule has 0 amide bonds. The predicted octanol–water partition coefficient (Wildman–Crippen LogP) is 4.87. The SMILES string of the molecule is CN(C)CCC[C@@H]1c2ccccc2Nc2ccc(Cl)cc21. The van der Waals surface area contributed by atoms with Crippen LogP contribution in [0.1, 0.15) is 29.9 Å². The van der Waals surface area contributed by atoms with Gasteiger partial charge >= 0.3 is 0 Å². The molecular formula is C18H21ClN2. The molecule has 1 heterocycles. The third kappa shape index (κ3) is 3.07. The molecule has 0 bridgehead atoms. The van der Waals surface area contributed by atoms with Gasteiger partial charge in [-0.2, -0.15) is 0 Å². The zero-order chi connectivity index (χ0) is 14.8. The van der Waals surface area contributed by atoms with E-state index in [0.29, 0.717) is 5.92 Å². The van der Waals surface area contributed by atoms with Crippen molar-refractivity contribution in [3.05, 3.63) is 58.6 Å². The second kappa shape index (κ2) is 6.08. The van der Waals surface area contributed by atoms with Crippen molar-refractivity contribution in [3.8, 4) is 0 Å². The summed E-state index contributed by atoms with van der Waals surface area (Å²) in [6.07, 6.45) is 2.32. The number of para-hydroxylation sites is 1. The average Bonchev–Trinajstić information content (AvgIpc) is 2.46. The highest BCUT2D eigenvalue weighted by molar-refractivity contribution is 6.30. The predicted molar refractivity (Wildman–Crippen MR) is 90.8 cm³/mol. The second-order valence-electron chi connectivity index (χ2n) is 5.94. The molecule has 0 aromatic heterocycles. The van der Waals surface area contributed by atoms with Gasteiger partial charge in [-0.15, -0.1) is 0 Å². The Morgan fingerprint density at radius 1 is 1.05 bits per heavy atom. The number of hydrogen-bond donors (Lipinski definition) is 1. The molecule has 0 spiro atoms. The highest BCUT2D eigenvalue weighted by atomic mass is 35.5. The van der Waals surface area contributed by atoms with Crippen LogP contribution in [0.3, 0.4) is 0 Å². The van der Waals surface area contributed by atoms with Gasteiger partial charge in [-0.05, 0) is 68.9 Å². The minimum Gasteiger partial charge on any atom is -0.355 e. The average molecular weight is 301 g/mol. The number of nitrogens with zero attached hydrogens (tertiary/aromatic N) is 1. The molecule has 0 aliphatic carbocycles. The van der Waals surface area contributed by atoms with E-state index in [4.69, 9.17) is 11.6 Å². The van der Waals surface area contributed by atoms with Crippen molar-refractivity contribution in [2.75, 3.05) is 26.0 Å². The van der Waals surface area contributed by atoms with E-state index in [-0.39, 0.29) is 0 Å². The molecule has 2 aromatic carbocycles. The molecule has 1 N–H and O–H groups in total.